The van der Waals surface area contributed by atoms with Crippen molar-refractivity contribution in [2.24, 2.45) is 0 Å². The molecule has 0 radical (unpaired) electrons. The van der Waals surface area contributed by atoms with E-state index in [1.165, 1.54) is 6.07 Å². The van der Waals surface area contributed by atoms with Gasteiger partial charge in [0.15, 0.2) is 11.5 Å². The zero-order valence-electron chi connectivity index (χ0n) is 12.7. The van der Waals surface area contributed by atoms with Crippen LogP contribution in [-0.2, 0) is 4.79 Å². The Hall–Kier alpha value is -3.29. The molecule has 0 unspecified atom stereocenters. The van der Waals surface area contributed by atoms with E-state index < -0.39 is 4.92 Å². The van der Waals surface area contributed by atoms with Gasteiger partial charge in [0.25, 0.3) is 5.69 Å². The molecule has 0 atom stereocenters. The Kier molecular flexibility index (Phi) is 4.46. The first kappa shape index (κ1) is 15.6. The zero-order chi connectivity index (χ0) is 16.9. The highest BCUT2D eigenvalue weighted by Gasteiger charge is 2.15. The number of rotatable bonds is 6. The minimum atomic E-state index is -0.463. The largest absolute Gasteiger partial charge is 0.454 e. The summed E-state index contributed by atoms with van der Waals surface area (Å²) in [6.45, 7) is 0.452. The molecule has 2 aromatic rings. The van der Waals surface area contributed by atoms with Crippen LogP contribution < -0.4 is 20.1 Å². The lowest BCUT2D eigenvalue weighted by Gasteiger charge is -2.08. The molecule has 8 heteroatoms. The highest BCUT2D eigenvalue weighted by Crippen LogP contribution is 2.34. The molecule has 2 N–H and O–H groups in total. The summed E-state index contributed by atoms with van der Waals surface area (Å²) in [4.78, 5) is 22.4. The van der Waals surface area contributed by atoms with Crippen molar-refractivity contribution in [2.75, 3.05) is 24.0 Å². The molecule has 2 aromatic carbocycles. The Bertz CT molecular complexity index is 778. The SMILES string of the molecule is O=C(CCNc1ccccc1[N+](=O)[O-])Nc1ccc2c(c1)OCO2. The van der Waals surface area contributed by atoms with Crippen LogP contribution in [0.4, 0.5) is 17.1 Å². The number of anilines is 2. The van der Waals surface area contributed by atoms with Gasteiger partial charge < -0.3 is 20.1 Å². The number of benzene rings is 2. The van der Waals surface area contributed by atoms with Gasteiger partial charge in [0.1, 0.15) is 5.69 Å². The fourth-order valence-electron chi connectivity index (χ4n) is 2.29. The van der Waals surface area contributed by atoms with Gasteiger partial charge in [0, 0.05) is 30.8 Å². The molecule has 0 bridgehead atoms. The van der Waals surface area contributed by atoms with E-state index in [0.29, 0.717) is 22.9 Å². The van der Waals surface area contributed by atoms with Crippen molar-refractivity contribution >= 4 is 23.0 Å². The summed E-state index contributed by atoms with van der Waals surface area (Å²) in [5.74, 6) is 1.02. The number of hydrogen-bond acceptors (Lipinski definition) is 6. The van der Waals surface area contributed by atoms with Crippen molar-refractivity contribution in [1.82, 2.24) is 0 Å². The molecule has 1 amide bonds. The molecular weight excluding hydrogens is 314 g/mol. The van der Waals surface area contributed by atoms with E-state index in [-0.39, 0.29) is 31.4 Å². The van der Waals surface area contributed by atoms with Crippen LogP contribution in [0.2, 0.25) is 0 Å². The van der Waals surface area contributed by atoms with E-state index in [0.717, 1.165) is 0 Å². The molecule has 0 aromatic heterocycles. The zero-order valence-corrected chi connectivity index (χ0v) is 12.7. The van der Waals surface area contributed by atoms with Gasteiger partial charge in [-0.25, -0.2) is 0 Å². The molecule has 124 valence electrons. The average Bonchev–Trinajstić information content (AvgIpc) is 3.03. The maximum Gasteiger partial charge on any atom is 0.292 e. The number of para-hydroxylation sites is 2. The summed E-state index contributed by atoms with van der Waals surface area (Å²) in [6.07, 6.45) is 0.167. The van der Waals surface area contributed by atoms with Gasteiger partial charge in [0.05, 0.1) is 4.92 Å². The number of nitro groups is 1. The first-order valence-corrected chi connectivity index (χ1v) is 7.30. The van der Waals surface area contributed by atoms with E-state index >= 15 is 0 Å². The Morgan fingerprint density at radius 1 is 1.17 bits per heavy atom. The summed E-state index contributed by atoms with van der Waals surface area (Å²) < 4.78 is 10.4. The number of amides is 1. The van der Waals surface area contributed by atoms with Gasteiger partial charge in [-0.2, -0.15) is 0 Å². The third kappa shape index (κ3) is 3.54. The number of fused-ring (bicyclic) bond motifs is 1. The highest BCUT2D eigenvalue weighted by molar-refractivity contribution is 5.91. The van der Waals surface area contributed by atoms with Crippen molar-refractivity contribution in [1.29, 1.82) is 0 Å². The van der Waals surface area contributed by atoms with E-state index in [4.69, 9.17) is 9.47 Å². The van der Waals surface area contributed by atoms with Gasteiger partial charge in [0.2, 0.25) is 12.7 Å². The molecule has 1 aliphatic rings. The number of ether oxygens (including phenoxy) is 2. The fraction of sp³-hybridized carbons (Fsp3) is 0.188. The topological polar surface area (TPSA) is 103 Å². The van der Waals surface area contributed by atoms with Gasteiger partial charge in [-0.05, 0) is 18.2 Å². The second kappa shape index (κ2) is 6.86. The van der Waals surface area contributed by atoms with E-state index in [1.54, 1.807) is 36.4 Å². The molecule has 0 saturated carbocycles. The van der Waals surface area contributed by atoms with Crippen LogP contribution in [0.3, 0.4) is 0 Å². The van der Waals surface area contributed by atoms with Crippen LogP contribution in [0.25, 0.3) is 0 Å². The van der Waals surface area contributed by atoms with E-state index in [1.807, 2.05) is 0 Å². The summed E-state index contributed by atoms with van der Waals surface area (Å²) in [5.41, 5.74) is 0.974. The molecule has 3 rings (SSSR count). The number of carbonyl (C=O) groups is 1. The molecule has 0 spiro atoms. The number of nitro benzene ring substituents is 1. The van der Waals surface area contributed by atoms with Crippen molar-refractivity contribution in [3.8, 4) is 11.5 Å². The van der Waals surface area contributed by atoms with Crippen molar-refractivity contribution < 1.29 is 19.2 Å². The monoisotopic (exact) mass is 329 g/mol. The Morgan fingerprint density at radius 3 is 2.79 bits per heavy atom. The quantitative estimate of drug-likeness (QED) is 0.624. The average molecular weight is 329 g/mol. The third-order valence-corrected chi connectivity index (χ3v) is 3.42. The minimum Gasteiger partial charge on any atom is -0.454 e. The van der Waals surface area contributed by atoms with Crippen LogP contribution in [0, 0.1) is 10.1 Å². The lowest BCUT2D eigenvalue weighted by Crippen LogP contribution is -2.16. The lowest BCUT2D eigenvalue weighted by molar-refractivity contribution is -0.384. The Morgan fingerprint density at radius 2 is 1.96 bits per heavy atom. The summed E-state index contributed by atoms with van der Waals surface area (Å²) >= 11 is 0. The second-order valence-corrected chi connectivity index (χ2v) is 5.07. The van der Waals surface area contributed by atoms with Gasteiger partial charge in [-0.3, -0.25) is 14.9 Å². The Labute approximate surface area is 137 Å². The molecule has 1 heterocycles. The maximum atomic E-state index is 12.0. The normalized spacial score (nSPS) is 11.8. The Balaban J connectivity index is 1.52. The van der Waals surface area contributed by atoms with Crippen LogP contribution in [0.5, 0.6) is 11.5 Å². The molecule has 8 nitrogen and oxygen atoms in total. The smallest absolute Gasteiger partial charge is 0.292 e. The third-order valence-electron chi connectivity index (χ3n) is 3.42. The predicted octanol–water partition coefficient (Wildman–Crippen LogP) is 2.76. The molecule has 0 aliphatic carbocycles. The van der Waals surface area contributed by atoms with E-state index in [9.17, 15) is 14.9 Å². The van der Waals surface area contributed by atoms with E-state index in [2.05, 4.69) is 10.6 Å². The van der Waals surface area contributed by atoms with Crippen LogP contribution in [0.15, 0.2) is 42.5 Å². The molecule has 0 saturated heterocycles. The molecule has 24 heavy (non-hydrogen) atoms. The maximum absolute atomic E-state index is 12.0. The van der Waals surface area contributed by atoms with Crippen LogP contribution in [0.1, 0.15) is 6.42 Å². The number of hydrogen-bond donors (Lipinski definition) is 2. The predicted molar refractivity (Wildman–Crippen MR) is 87.4 cm³/mol. The molecule has 1 aliphatic heterocycles. The first-order chi connectivity index (χ1) is 11.6. The van der Waals surface area contributed by atoms with Crippen molar-refractivity contribution in [3.63, 3.8) is 0 Å². The number of nitrogens with zero attached hydrogens (tertiary/aromatic N) is 1. The van der Waals surface area contributed by atoms with Crippen molar-refractivity contribution in [3.05, 3.63) is 52.6 Å². The van der Waals surface area contributed by atoms with Crippen LogP contribution >= 0.6 is 0 Å². The molecule has 0 fully saturated rings. The van der Waals surface area contributed by atoms with Crippen LogP contribution in [-0.4, -0.2) is 24.2 Å². The second-order valence-electron chi connectivity index (χ2n) is 5.07. The first-order valence-electron chi connectivity index (χ1n) is 7.30. The highest BCUT2D eigenvalue weighted by atomic mass is 16.7. The minimum absolute atomic E-state index is 0.0197. The molecular formula is C16H15N3O5. The number of carbonyl (C=O) groups excluding carboxylic acids is 1. The summed E-state index contributed by atoms with van der Waals surface area (Å²) in [5, 5.41) is 16.6. The standard InChI is InChI=1S/C16H15N3O5/c20-16(18-11-5-6-14-15(9-11)24-10-23-14)7-8-17-12-3-1-2-4-13(12)19(21)22/h1-6,9,17H,7-8,10H2,(H,18,20). The lowest BCUT2D eigenvalue weighted by atomic mass is 10.2. The van der Waals surface area contributed by atoms with Gasteiger partial charge >= 0.3 is 0 Å². The summed E-state index contributed by atoms with van der Waals surface area (Å²) in [7, 11) is 0. The fourth-order valence-corrected chi connectivity index (χ4v) is 2.29. The number of nitrogens with one attached hydrogen (secondary N) is 2. The summed E-state index contributed by atoms with van der Waals surface area (Å²) in [6, 6.07) is 11.4. The van der Waals surface area contributed by atoms with Crippen molar-refractivity contribution in [2.45, 2.75) is 6.42 Å². The van der Waals surface area contributed by atoms with Gasteiger partial charge in [-0.1, -0.05) is 12.1 Å². The van der Waals surface area contributed by atoms with Gasteiger partial charge in [-0.15, -0.1) is 0 Å².